The van der Waals surface area contributed by atoms with E-state index in [1.54, 1.807) is 26.0 Å². The number of hydrogen-bond acceptors (Lipinski definition) is 7. The molecule has 9 nitrogen and oxygen atoms in total. The number of sulfonamides is 1. The monoisotopic (exact) mass is 367 g/mol. The number of rotatable bonds is 8. The van der Waals surface area contributed by atoms with Gasteiger partial charge in [0.05, 0.1) is 11.9 Å². The molecular formula is C12H21N3O6S2. The fraction of sp³-hybridized carbons (Fsp3) is 0.500. The SMILES string of the molecule is CCN(OS(=O)(=O)O)c1ccc(N)c(C)c1CCNS(C)(=O)=O. The Hall–Kier alpha value is -1.40. The quantitative estimate of drug-likeness (QED) is 0.337. The summed E-state index contributed by atoms with van der Waals surface area (Å²) >= 11 is 0. The fourth-order valence-corrected chi connectivity index (χ4v) is 2.93. The summed E-state index contributed by atoms with van der Waals surface area (Å²) in [5, 5.41) is 0.998. The molecule has 0 aliphatic rings. The second-order valence-electron chi connectivity index (χ2n) is 4.89. The van der Waals surface area contributed by atoms with Crippen LogP contribution in [0.2, 0.25) is 0 Å². The molecule has 0 radical (unpaired) electrons. The average Bonchev–Trinajstić information content (AvgIpc) is 2.39. The summed E-state index contributed by atoms with van der Waals surface area (Å²) in [6.07, 6.45) is 1.31. The van der Waals surface area contributed by atoms with Gasteiger partial charge in [0.15, 0.2) is 0 Å². The van der Waals surface area contributed by atoms with E-state index in [2.05, 4.69) is 9.01 Å². The number of nitrogens with zero attached hydrogens (tertiary/aromatic N) is 1. The molecule has 1 rings (SSSR count). The van der Waals surface area contributed by atoms with Crippen LogP contribution in [0.1, 0.15) is 18.1 Å². The van der Waals surface area contributed by atoms with Crippen LogP contribution in [0.25, 0.3) is 0 Å². The number of hydrogen-bond donors (Lipinski definition) is 3. The zero-order valence-corrected chi connectivity index (χ0v) is 14.7. The van der Waals surface area contributed by atoms with Gasteiger partial charge in [-0.3, -0.25) is 4.55 Å². The van der Waals surface area contributed by atoms with Crippen molar-refractivity contribution < 1.29 is 25.7 Å². The molecule has 0 saturated heterocycles. The number of benzene rings is 1. The molecule has 23 heavy (non-hydrogen) atoms. The molecule has 0 amide bonds. The van der Waals surface area contributed by atoms with Crippen LogP contribution in [0.5, 0.6) is 0 Å². The Morgan fingerprint density at radius 3 is 2.39 bits per heavy atom. The van der Waals surface area contributed by atoms with Crippen LogP contribution < -0.4 is 15.5 Å². The Kier molecular flexibility index (Phi) is 6.36. The van der Waals surface area contributed by atoms with Crippen LogP contribution >= 0.6 is 0 Å². The van der Waals surface area contributed by atoms with Gasteiger partial charge in [-0.2, -0.15) is 8.42 Å². The Balaban J connectivity index is 3.18. The molecule has 0 aliphatic carbocycles. The Morgan fingerprint density at radius 2 is 1.91 bits per heavy atom. The highest BCUT2D eigenvalue weighted by Gasteiger charge is 2.19. The van der Waals surface area contributed by atoms with Crippen LogP contribution in [0.3, 0.4) is 0 Å². The minimum atomic E-state index is -4.68. The molecule has 0 aromatic heterocycles. The zero-order chi connectivity index (χ0) is 17.8. The van der Waals surface area contributed by atoms with Crippen molar-refractivity contribution in [3.05, 3.63) is 23.3 Å². The van der Waals surface area contributed by atoms with Gasteiger partial charge in [-0.25, -0.2) is 18.2 Å². The van der Waals surface area contributed by atoms with Crippen LogP contribution in [-0.2, 0) is 31.1 Å². The molecule has 1 aromatic rings. The molecule has 11 heteroatoms. The number of nitrogen functional groups attached to an aromatic ring is 1. The lowest BCUT2D eigenvalue weighted by Gasteiger charge is -2.24. The predicted molar refractivity (Wildman–Crippen MR) is 87.8 cm³/mol. The number of nitrogens with two attached hydrogens (primary N) is 1. The smallest absolute Gasteiger partial charge is 0.399 e. The van der Waals surface area contributed by atoms with Gasteiger partial charge in [-0.1, -0.05) is 0 Å². The van der Waals surface area contributed by atoms with Crippen molar-refractivity contribution in [2.75, 3.05) is 30.1 Å². The van der Waals surface area contributed by atoms with Crippen molar-refractivity contribution in [1.82, 2.24) is 4.72 Å². The molecule has 0 spiro atoms. The minimum absolute atomic E-state index is 0.111. The fourth-order valence-electron chi connectivity index (χ4n) is 2.05. The van der Waals surface area contributed by atoms with Crippen molar-refractivity contribution in [2.45, 2.75) is 20.3 Å². The van der Waals surface area contributed by atoms with E-state index in [1.165, 1.54) is 0 Å². The summed E-state index contributed by atoms with van der Waals surface area (Å²) in [6.45, 7) is 3.61. The van der Waals surface area contributed by atoms with Gasteiger partial charge in [0.1, 0.15) is 0 Å². The Bertz CT molecular complexity index is 761. The van der Waals surface area contributed by atoms with Crippen molar-refractivity contribution in [2.24, 2.45) is 0 Å². The van der Waals surface area contributed by atoms with E-state index in [-0.39, 0.29) is 19.5 Å². The van der Waals surface area contributed by atoms with Crippen LogP contribution in [-0.4, -0.2) is 40.7 Å². The van der Waals surface area contributed by atoms with Gasteiger partial charge in [0, 0.05) is 18.8 Å². The van der Waals surface area contributed by atoms with Crippen LogP contribution in [0.4, 0.5) is 11.4 Å². The lowest BCUT2D eigenvalue weighted by molar-refractivity contribution is 0.245. The zero-order valence-electron chi connectivity index (χ0n) is 13.1. The van der Waals surface area contributed by atoms with Crippen LogP contribution in [0.15, 0.2) is 12.1 Å². The predicted octanol–water partition coefficient (Wildman–Crippen LogP) is 0.230. The van der Waals surface area contributed by atoms with E-state index in [0.717, 1.165) is 11.3 Å². The third-order valence-corrected chi connectivity index (χ3v) is 4.19. The van der Waals surface area contributed by atoms with Gasteiger partial charge in [0.25, 0.3) is 0 Å². The van der Waals surface area contributed by atoms with E-state index < -0.39 is 20.4 Å². The normalized spacial score (nSPS) is 12.3. The van der Waals surface area contributed by atoms with Gasteiger partial charge in [0.2, 0.25) is 10.0 Å². The summed E-state index contributed by atoms with van der Waals surface area (Å²) in [4.78, 5) is 0. The average molecular weight is 367 g/mol. The maximum Gasteiger partial charge on any atom is 0.418 e. The molecule has 1 aromatic carbocycles. The molecule has 0 heterocycles. The maximum atomic E-state index is 11.2. The standard InChI is InChI=1S/C12H21N3O6S2/c1-4-15(21-23(18,19)20)12-6-5-11(13)9(2)10(12)7-8-14-22(3,16)17/h5-6,14H,4,7-8,13H2,1-3H3,(H,18,19,20). The van der Waals surface area contributed by atoms with E-state index in [4.69, 9.17) is 10.3 Å². The summed E-state index contributed by atoms with van der Waals surface area (Å²) in [6, 6.07) is 3.13. The molecule has 132 valence electrons. The largest absolute Gasteiger partial charge is 0.418 e. The second-order valence-corrected chi connectivity index (χ2v) is 7.73. The van der Waals surface area contributed by atoms with Crippen molar-refractivity contribution >= 4 is 31.8 Å². The number of hydroxylamine groups is 1. The van der Waals surface area contributed by atoms with Gasteiger partial charge in [-0.15, -0.1) is 4.28 Å². The lowest BCUT2D eigenvalue weighted by atomic mass is 10.0. The summed E-state index contributed by atoms with van der Waals surface area (Å²) < 4.78 is 60.0. The molecular weight excluding hydrogens is 346 g/mol. The van der Waals surface area contributed by atoms with E-state index in [1.807, 2.05) is 0 Å². The molecule has 4 N–H and O–H groups in total. The first-order valence-electron chi connectivity index (χ1n) is 6.71. The van der Waals surface area contributed by atoms with E-state index in [0.29, 0.717) is 22.5 Å². The third kappa shape index (κ3) is 6.31. The van der Waals surface area contributed by atoms with Crippen molar-refractivity contribution in [3.8, 4) is 0 Å². The number of nitrogens with one attached hydrogen (secondary N) is 1. The summed E-state index contributed by atoms with van der Waals surface area (Å²) in [5.74, 6) is 0. The van der Waals surface area contributed by atoms with E-state index in [9.17, 15) is 16.8 Å². The lowest BCUT2D eigenvalue weighted by Crippen LogP contribution is -2.29. The summed E-state index contributed by atoms with van der Waals surface area (Å²) in [7, 11) is -8.03. The van der Waals surface area contributed by atoms with Crippen molar-refractivity contribution in [3.63, 3.8) is 0 Å². The highest BCUT2D eigenvalue weighted by atomic mass is 32.3. The minimum Gasteiger partial charge on any atom is -0.399 e. The second kappa shape index (κ2) is 7.45. The van der Waals surface area contributed by atoms with E-state index >= 15 is 0 Å². The van der Waals surface area contributed by atoms with Gasteiger partial charge in [-0.05, 0) is 43.5 Å². The molecule has 0 fully saturated rings. The topological polar surface area (TPSA) is 139 Å². The van der Waals surface area contributed by atoms with Crippen LogP contribution in [0, 0.1) is 6.92 Å². The number of anilines is 2. The maximum absolute atomic E-state index is 11.2. The molecule has 0 unspecified atom stereocenters. The van der Waals surface area contributed by atoms with Gasteiger partial charge >= 0.3 is 10.4 Å². The first-order valence-corrected chi connectivity index (χ1v) is 9.97. The highest BCUT2D eigenvalue weighted by molar-refractivity contribution is 7.88. The van der Waals surface area contributed by atoms with Crippen molar-refractivity contribution in [1.29, 1.82) is 0 Å². The van der Waals surface area contributed by atoms with Gasteiger partial charge < -0.3 is 5.73 Å². The first kappa shape index (κ1) is 19.6. The molecule has 0 atom stereocenters. The summed E-state index contributed by atoms with van der Waals surface area (Å²) in [5.41, 5.74) is 8.00. The third-order valence-electron chi connectivity index (χ3n) is 3.09. The first-order chi connectivity index (χ1) is 10.4. The highest BCUT2D eigenvalue weighted by Crippen LogP contribution is 2.29. The molecule has 0 aliphatic heterocycles. The Morgan fingerprint density at radius 1 is 1.30 bits per heavy atom. The molecule has 0 saturated carbocycles. The Labute approximate surface area is 136 Å². The molecule has 0 bridgehead atoms.